The molecule has 24 heavy (non-hydrogen) atoms. The number of carbonyl (C=O) groups is 2. The molecule has 0 radical (unpaired) electrons. The van der Waals surface area contributed by atoms with Crippen molar-refractivity contribution in [3.8, 4) is 5.75 Å². The van der Waals surface area contributed by atoms with E-state index in [1.54, 1.807) is 36.4 Å². The molecule has 0 amide bonds. The zero-order valence-electron chi connectivity index (χ0n) is 12.5. The summed E-state index contributed by atoms with van der Waals surface area (Å²) in [4.78, 5) is 22.9. The van der Waals surface area contributed by atoms with E-state index in [4.69, 9.17) is 4.74 Å². The highest BCUT2D eigenvalue weighted by atomic mass is 79.9. The van der Waals surface area contributed by atoms with Crippen LogP contribution in [0.4, 0.5) is 0 Å². The number of hydrogen-bond donors (Lipinski definition) is 3. The number of rotatable bonds is 7. The fourth-order valence-electron chi connectivity index (χ4n) is 2.35. The van der Waals surface area contributed by atoms with Gasteiger partial charge >= 0.3 is 11.9 Å². The van der Waals surface area contributed by atoms with Gasteiger partial charge in [0.1, 0.15) is 17.9 Å². The first-order valence-electron chi connectivity index (χ1n) is 7.05. The lowest BCUT2D eigenvalue weighted by molar-refractivity contribution is 0.0677. The van der Waals surface area contributed by atoms with E-state index >= 15 is 0 Å². The number of carboxylic acids is 2. The molecular weight excluding hydrogens is 396 g/mol. The minimum atomic E-state index is -1.09. The smallest absolute Gasteiger partial charge is 0.339 e. The van der Waals surface area contributed by atoms with Crippen molar-refractivity contribution in [2.24, 2.45) is 0 Å². The van der Waals surface area contributed by atoms with Gasteiger partial charge in [0.15, 0.2) is 0 Å². The van der Waals surface area contributed by atoms with Crippen molar-refractivity contribution in [1.82, 2.24) is 0 Å². The summed E-state index contributed by atoms with van der Waals surface area (Å²) in [6.07, 6.45) is 0.499. The fraction of sp³-hybridized carbons (Fsp3) is 0.176. The molecule has 0 bridgehead atoms. The Morgan fingerprint density at radius 2 is 1.62 bits per heavy atom. The number of aromatic carboxylic acids is 2. The van der Waals surface area contributed by atoms with Crippen LogP contribution in [0.3, 0.4) is 0 Å². The predicted octanol–water partition coefficient (Wildman–Crippen LogP) is 3.90. The molecule has 0 saturated heterocycles. The molecule has 2 rings (SSSR count). The Morgan fingerprint density at radius 1 is 1.00 bits per heavy atom. The molecule has 2 aromatic carbocycles. The third-order valence-electron chi connectivity index (χ3n) is 3.40. The Morgan fingerprint density at radius 3 is 2.25 bits per heavy atom. The zero-order valence-corrected chi connectivity index (χ0v) is 15.0. The Hall–Kier alpha value is -1.99. The van der Waals surface area contributed by atoms with Crippen LogP contribution in [-0.2, 0) is 13.0 Å². The summed E-state index contributed by atoms with van der Waals surface area (Å²) in [5, 5.41) is 18.8. The van der Waals surface area contributed by atoms with Crippen LogP contribution >= 0.6 is 28.6 Å². The van der Waals surface area contributed by atoms with Crippen molar-refractivity contribution < 1.29 is 24.5 Å². The van der Waals surface area contributed by atoms with Gasteiger partial charge in [-0.2, -0.15) is 12.6 Å². The van der Waals surface area contributed by atoms with Crippen LogP contribution in [-0.4, -0.2) is 27.9 Å². The molecule has 0 heterocycles. The zero-order chi connectivity index (χ0) is 17.7. The Kier molecular flexibility index (Phi) is 6.28. The number of aryl methyl sites for hydroxylation is 1. The van der Waals surface area contributed by atoms with Gasteiger partial charge in [-0.25, -0.2) is 9.59 Å². The largest absolute Gasteiger partial charge is 0.488 e. The first-order chi connectivity index (χ1) is 11.5. The summed E-state index contributed by atoms with van der Waals surface area (Å²) in [6, 6.07) is 9.94. The predicted molar refractivity (Wildman–Crippen MR) is 96.4 cm³/mol. The van der Waals surface area contributed by atoms with E-state index in [0.29, 0.717) is 27.8 Å². The van der Waals surface area contributed by atoms with Gasteiger partial charge in [0.2, 0.25) is 0 Å². The van der Waals surface area contributed by atoms with Gasteiger partial charge in [-0.3, -0.25) is 0 Å². The molecule has 0 atom stereocenters. The molecule has 5 nitrogen and oxygen atoms in total. The first-order valence-corrected chi connectivity index (χ1v) is 8.47. The molecule has 0 aliphatic rings. The maximum atomic E-state index is 11.6. The minimum Gasteiger partial charge on any atom is -0.488 e. The van der Waals surface area contributed by atoms with E-state index in [9.17, 15) is 19.8 Å². The molecule has 0 aliphatic carbocycles. The quantitative estimate of drug-likeness (QED) is 0.602. The lowest BCUT2D eigenvalue weighted by atomic mass is 10.0. The van der Waals surface area contributed by atoms with Gasteiger partial charge in [-0.05, 0) is 45.8 Å². The molecular formula is C17H15BrO5S. The topological polar surface area (TPSA) is 83.8 Å². The maximum absolute atomic E-state index is 11.6. The number of benzene rings is 2. The molecule has 0 aromatic heterocycles. The van der Waals surface area contributed by atoms with Crippen LogP contribution in [0.5, 0.6) is 5.75 Å². The van der Waals surface area contributed by atoms with Crippen molar-refractivity contribution >= 4 is 40.5 Å². The molecule has 0 saturated carbocycles. The SMILES string of the molecule is O=C(O)c1c(Br)cccc1COc1cccc(CCS)c1C(=O)O. The van der Waals surface area contributed by atoms with Crippen LogP contribution in [0, 0.1) is 0 Å². The number of halogens is 1. The lowest BCUT2D eigenvalue weighted by Gasteiger charge is -2.14. The van der Waals surface area contributed by atoms with Crippen LogP contribution in [0.2, 0.25) is 0 Å². The normalized spacial score (nSPS) is 10.4. The van der Waals surface area contributed by atoms with Crippen molar-refractivity contribution in [3.05, 3.63) is 63.1 Å². The monoisotopic (exact) mass is 410 g/mol. The molecule has 0 spiro atoms. The van der Waals surface area contributed by atoms with Gasteiger partial charge in [-0.15, -0.1) is 0 Å². The molecule has 0 unspecified atom stereocenters. The molecule has 0 aliphatic heterocycles. The van der Waals surface area contributed by atoms with Crippen molar-refractivity contribution in [2.75, 3.05) is 5.75 Å². The Balaban J connectivity index is 2.34. The number of thiol groups is 1. The van der Waals surface area contributed by atoms with Crippen molar-refractivity contribution in [3.63, 3.8) is 0 Å². The third-order valence-corrected chi connectivity index (χ3v) is 4.29. The average molecular weight is 411 g/mol. The van der Waals surface area contributed by atoms with Crippen LogP contribution < -0.4 is 4.74 Å². The van der Waals surface area contributed by atoms with E-state index in [0.717, 1.165) is 0 Å². The second-order valence-electron chi connectivity index (χ2n) is 4.94. The summed E-state index contributed by atoms with van der Waals surface area (Å²) in [7, 11) is 0. The molecule has 126 valence electrons. The van der Waals surface area contributed by atoms with E-state index in [1.165, 1.54) is 0 Å². The summed E-state index contributed by atoms with van der Waals surface area (Å²) in [6.45, 7) is -0.0499. The van der Waals surface area contributed by atoms with Crippen LogP contribution in [0.1, 0.15) is 31.8 Å². The van der Waals surface area contributed by atoms with E-state index in [2.05, 4.69) is 28.6 Å². The summed E-state index contributed by atoms with van der Waals surface area (Å²) in [5.74, 6) is -1.45. The first kappa shape index (κ1) is 18.4. The van der Waals surface area contributed by atoms with Gasteiger partial charge in [0, 0.05) is 10.0 Å². The van der Waals surface area contributed by atoms with Gasteiger partial charge in [0.25, 0.3) is 0 Å². The fourth-order valence-corrected chi connectivity index (χ4v) is 3.17. The van der Waals surface area contributed by atoms with Gasteiger partial charge < -0.3 is 14.9 Å². The molecule has 0 fully saturated rings. The minimum absolute atomic E-state index is 0.0499. The highest BCUT2D eigenvalue weighted by Crippen LogP contribution is 2.26. The second-order valence-corrected chi connectivity index (χ2v) is 6.24. The highest BCUT2D eigenvalue weighted by Gasteiger charge is 2.18. The summed E-state index contributed by atoms with van der Waals surface area (Å²) >= 11 is 7.34. The number of ether oxygens (including phenoxy) is 1. The molecule has 7 heteroatoms. The summed E-state index contributed by atoms with van der Waals surface area (Å²) < 4.78 is 6.07. The third kappa shape index (κ3) is 4.10. The molecule has 2 aromatic rings. The Bertz CT molecular complexity index is 776. The average Bonchev–Trinajstić information content (AvgIpc) is 2.52. The van der Waals surface area contributed by atoms with E-state index < -0.39 is 11.9 Å². The number of carboxylic acid groups (broad SMARTS) is 2. The number of hydrogen-bond acceptors (Lipinski definition) is 4. The van der Waals surface area contributed by atoms with Crippen molar-refractivity contribution in [2.45, 2.75) is 13.0 Å². The van der Waals surface area contributed by atoms with E-state index in [-0.39, 0.29) is 23.5 Å². The van der Waals surface area contributed by atoms with Gasteiger partial charge in [-0.1, -0.05) is 24.3 Å². The summed E-state index contributed by atoms with van der Waals surface area (Å²) in [5.41, 5.74) is 1.26. The van der Waals surface area contributed by atoms with Crippen LogP contribution in [0.25, 0.3) is 0 Å². The van der Waals surface area contributed by atoms with Gasteiger partial charge in [0.05, 0.1) is 5.56 Å². The second kappa shape index (κ2) is 8.21. The highest BCUT2D eigenvalue weighted by molar-refractivity contribution is 9.10. The molecule has 2 N–H and O–H groups in total. The van der Waals surface area contributed by atoms with Crippen molar-refractivity contribution in [1.29, 1.82) is 0 Å². The standard InChI is InChI=1S/C17H15BrO5S/c18-12-5-1-4-11(14(12)16(19)20)9-23-13-6-2-3-10(7-8-24)15(13)17(21)22/h1-6,24H,7-9H2,(H,19,20)(H,21,22). The lowest BCUT2D eigenvalue weighted by Crippen LogP contribution is -2.10. The maximum Gasteiger partial charge on any atom is 0.339 e. The Labute approximate surface area is 152 Å². The van der Waals surface area contributed by atoms with E-state index in [1.807, 2.05) is 0 Å². The van der Waals surface area contributed by atoms with Crippen LogP contribution in [0.15, 0.2) is 40.9 Å².